The van der Waals surface area contributed by atoms with Gasteiger partial charge in [-0.15, -0.1) is 0 Å². The number of piperidine rings is 1. The molecule has 5 heteroatoms. The molecule has 0 atom stereocenters. The lowest BCUT2D eigenvalue weighted by atomic mass is 9.93. The topological polar surface area (TPSA) is 83.6 Å². The predicted molar refractivity (Wildman–Crippen MR) is 75.2 cm³/mol. The Hall–Kier alpha value is -1.88. The number of carbonyl (C=O) groups is 2. The van der Waals surface area contributed by atoms with Gasteiger partial charge < -0.3 is 10.8 Å². The highest BCUT2D eigenvalue weighted by molar-refractivity contribution is 5.92. The number of likely N-dealkylation sites (tertiary alicyclic amines) is 1. The van der Waals surface area contributed by atoms with Crippen molar-refractivity contribution in [3.8, 4) is 0 Å². The molecule has 1 heterocycles. The van der Waals surface area contributed by atoms with E-state index in [2.05, 4.69) is 4.90 Å². The summed E-state index contributed by atoms with van der Waals surface area (Å²) in [4.78, 5) is 24.0. The summed E-state index contributed by atoms with van der Waals surface area (Å²) in [5, 5.41) is 8.79. The van der Waals surface area contributed by atoms with Crippen molar-refractivity contribution in [2.45, 2.75) is 25.8 Å². The van der Waals surface area contributed by atoms with E-state index >= 15 is 0 Å². The third-order valence-corrected chi connectivity index (χ3v) is 3.82. The molecule has 1 aliphatic rings. The number of carboxylic acid groups (broad SMARTS) is 1. The standard InChI is InChI=1S/C15H20N2O3/c16-15(20)13-3-1-12(2-4-13)10-17-7-5-11(6-8-17)9-14(18)19/h1-4,11H,5-10H2,(H2,16,20)(H,18,19). The molecule has 0 aliphatic carbocycles. The Morgan fingerprint density at radius 3 is 2.30 bits per heavy atom. The highest BCUT2D eigenvalue weighted by Crippen LogP contribution is 2.21. The number of carboxylic acids is 1. The van der Waals surface area contributed by atoms with Crippen LogP contribution in [0.5, 0.6) is 0 Å². The Morgan fingerprint density at radius 2 is 1.80 bits per heavy atom. The monoisotopic (exact) mass is 276 g/mol. The van der Waals surface area contributed by atoms with Gasteiger partial charge in [0.25, 0.3) is 0 Å². The zero-order valence-electron chi connectivity index (χ0n) is 11.4. The van der Waals surface area contributed by atoms with Gasteiger partial charge in [-0.3, -0.25) is 14.5 Å². The van der Waals surface area contributed by atoms with Crippen LogP contribution in [0.15, 0.2) is 24.3 Å². The van der Waals surface area contributed by atoms with Crippen LogP contribution >= 0.6 is 0 Å². The van der Waals surface area contributed by atoms with Gasteiger partial charge in [0.2, 0.25) is 5.91 Å². The first-order chi connectivity index (χ1) is 9.54. The third kappa shape index (κ3) is 4.06. The molecule has 1 saturated heterocycles. The van der Waals surface area contributed by atoms with E-state index in [1.165, 1.54) is 0 Å². The number of nitrogens with two attached hydrogens (primary N) is 1. The lowest BCUT2D eigenvalue weighted by Gasteiger charge is -2.31. The van der Waals surface area contributed by atoms with Gasteiger partial charge >= 0.3 is 5.97 Å². The number of nitrogens with zero attached hydrogens (tertiary/aromatic N) is 1. The molecule has 3 N–H and O–H groups in total. The second-order valence-electron chi connectivity index (χ2n) is 5.38. The van der Waals surface area contributed by atoms with Gasteiger partial charge in [-0.05, 0) is 49.5 Å². The van der Waals surface area contributed by atoms with Crippen LogP contribution in [0.3, 0.4) is 0 Å². The van der Waals surface area contributed by atoms with Gasteiger partial charge in [0.1, 0.15) is 0 Å². The van der Waals surface area contributed by atoms with Crippen LogP contribution in [-0.2, 0) is 11.3 Å². The third-order valence-electron chi connectivity index (χ3n) is 3.82. The molecule has 0 radical (unpaired) electrons. The van der Waals surface area contributed by atoms with Crippen LogP contribution in [0.25, 0.3) is 0 Å². The van der Waals surface area contributed by atoms with Crippen LogP contribution in [0.2, 0.25) is 0 Å². The van der Waals surface area contributed by atoms with E-state index in [0.29, 0.717) is 11.5 Å². The molecule has 0 bridgehead atoms. The number of hydrogen-bond donors (Lipinski definition) is 2. The predicted octanol–water partition coefficient (Wildman–Crippen LogP) is 1.47. The Balaban J connectivity index is 1.83. The molecule has 0 aromatic heterocycles. The number of primary amides is 1. The minimum atomic E-state index is -0.703. The first kappa shape index (κ1) is 14.5. The average molecular weight is 276 g/mol. The SMILES string of the molecule is NC(=O)c1ccc(CN2CCC(CC(=O)O)CC2)cc1. The molecular formula is C15H20N2O3. The normalized spacial score (nSPS) is 17.0. The smallest absolute Gasteiger partial charge is 0.303 e. The van der Waals surface area contributed by atoms with Crippen molar-refractivity contribution in [2.75, 3.05) is 13.1 Å². The quantitative estimate of drug-likeness (QED) is 0.853. The lowest BCUT2D eigenvalue weighted by Crippen LogP contribution is -2.33. The lowest BCUT2D eigenvalue weighted by molar-refractivity contribution is -0.138. The summed E-state index contributed by atoms with van der Waals surface area (Å²) in [6.45, 7) is 2.68. The zero-order chi connectivity index (χ0) is 14.5. The summed E-state index contributed by atoms with van der Waals surface area (Å²) < 4.78 is 0. The largest absolute Gasteiger partial charge is 0.481 e. The summed E-state index contributed by atoms with van der Waals surface area (Å²) in [5.74, 6) is -0.808. The number of carbonyl (C=O) groups excluding carboxylic acids is 1. The molecule has 1 amide bonds. The second-order valence-corrected chi connectivity index (χ2v) is 5.38. The van der Waals surface area contributed by atoms with Crippen molar-refractivity contribution in [3.63, 3.8) is 0 Å². The van der Waals surface area contributed by atoms with E-state index in [0.717, 1.165) is 38.0 Å². The average Bonchev–Trinajstić information content (AvgIpc) is 2.41. The maximum atomic E-state index is 11.0. The van der Waals surface area contributed by atoms with Crippen molar-refractivity contribution in [3.05, 3.63) is 35.4 Å². The molecule has 20 heavy (non-hydrogen) atoms. The molecule has 0 unspecified atom stereocenters. The Labute approximate surface area is 118 Å². The van der Waals surface area contributed by atoms with Crippen molar-refractivity contribution in [1.29, 1.82) is 0 Å². The number of amides is 1. The van der Waals surface area contributed by atoms with Crippen LogP contribution in [0.4, 0.5) is 0 Å². The van der Waals surface area contributed by atoms with E-state index in [-0.39, 0.29) is 6.42 Å². The first-order valence-electron chi connectivity index (χ1n) is 6.87. The van der Waals surface area contributed by atoms with Crippen LogP contribution in [0.1, 0.15) is 35.2 Å². The maximum absolute atomic E-state index is 11.0. The number of benzene rings is 1. The minimum Gasteiger partial charge on any atom is -0.481 e. The summed E-state index contributed by atoms with van der Waals surface area (Å²) in [6, 6.07) is 7.33. The molecule has 0 saturated carbocycles. The zero-order valence-corrected chi connectivity index (χ0v) is 11.4. The number of hydrogen-bond acceptors (Lipinski definition) is 3. The Morgan fingerprint density at radius 1 is 1.20 bits per heavy atom. The van der Waals surface area contributed by atoms with E-state index in [4.69, 9.17) is 10.8 Å². The molecule has 0 spiro atoms. The van der Waals surface area contributed by atoms with Gasteiger partial charge in [0.05, 0.1) is 0 Å². The molecule has 1 aromatic carbocycles. The summed E-state index contributed by atoms with van der Waals surface area (Å²) in [7, 11) is 0. The fourth-order valence-electron chi connectivity index (χ4n) is 2.63. The minimum absolute atomic E-state index is 0.279. The van der Waals surface area contributed by atoms with Crippen molar-refractivity contribution >= 4 is 11.9 Å². The van der Waals surface area contributed by atoms with Crippen LogP contribution < -0.4 is 5.73 Å². The number of rotatable bonds is 5. The molecular weight excluding hydrogens is 256 g/mol. The van der Waals surface area contributed by atoms with Gasteiger partial charge in [0, 0.05) is 18.5 Å². The van der Waals surface area contributed by atoms with E-state index < -0.39 is 11.9 Å². The molecule has 1 fully saturated rings. The maximum Gasteiger partial charge on any atom is 0.303 e. The van der Waals surface area contributed by atoms with Crippen molar-refractivity contribution in [1.82, 2.24) is 4.90 Å². The highest BCUT2D eigenvalue weighted by atomic mass is 16.4. The first-order valence-corrected chi connectivity index (χ1v) is 6.87. The van der Waals surface area contributed by atoms with Gasteiger partial charge in [-0.1, -0.05) is 12.1 Å². The van der Waals surface area contributed by atoms with Crippen molar-refractivity contribution < 1.29 is 14.7 Å². The fourth-order valence-corrected chi connectivity index (χ4v) is 2.63. The highest BCUT2D eigenvalue weighted by Gasteiger charge is 2.21. The van der Waals surface area contributed by atoms with E-state index in [1.807, 2.05) is 12.1 Å². The fraction of sp³-hybridized carbons (Fsp3) is 0.467. The summed E-state index contributed by atoms with van der Waals surface area (Å²) in [6.07, 6.45) is 2.15. The van der Waals surface area contributed by atoms with E-state index in [1.54, 1.807) is 12.1 Å². The van der Waals surface area contributed by atoms with Gasteiger partial charge in [0.15, 0.2) is 0 Å². The summed E-state index contributed by atoms with van der Waals surface area (Å²) in [5.41, 5.74) is 6.87. The van der Waals surface area contributed by atoms with Crippen molar-refractivity contribution in [2.24, 2.45) is 11.7 Å². The van der Waals surface area contributed by atoms with Crippen LogP contribution in [-0.4, -0.2) is 35.0 Å². The second kappa shape index (κ2) is 6.52. The molecule has 1 aliphatic heterocycles. The van der Waals surface area contributed by atoms with E-state index in [9.17, 15) is 9.59 Å². The Bertz CT molecular complexity index is 476. The summed E-state index contributed by atoms with van der Waals surface area (Å²) >= 11 is 0. The number of aliphatic carboxylic acids is 1. The molecule has 2 rings (SSSR count). The van der Waals surface area contributed by atoms with Crippen LogP contribution in [0, 0.1) is 5.92 Å². The Kier molecular flexibility index (Phi) is 4.74. The molecule has 1 aromatic rings. The molecule has 108 valence electrons. The molecule has 5 nitrogen and oxygen atoms in total. The van der Waals surface area contributed by atoms with Gasteiger partial charge in [-0.2, -0.15) is 0 Å². The van der Waals surface area contributed by atoms with Gasteiger partial charge in [-0.25, -0.2) is 0 Å².